The summed E-state index contributed by atoms with van der Waals surface area (Å²) in [4.78, 5) is 2.11. The number of rotatable bonds is 3. The molecule has 0 amide bonds. The second kappa shape index (κ2) is 5.67. The van der Waals surface area contributed by atoms with Crippen LogP contribution < -0.4 is 5.73 Å². The molecule has 18 heavy (non-hydrogen) atoms. The minimum Gasteiger partial charge on any atom is -0.387 e. The zero-order chi connectivity index (χ0) is 13.1. The van der Waals surface area contributed by atoms with Gasteiger partial charge in [0.15, 0.2) is 0 Å². The number of hydrogen-bond donors (Lipinski definition) is 2. The molecule has 1 fully saturated rings. The first-order valence-electron chi connectivity index (χ1n) is 6.07. The summed E-state index contributed by atoms with van der Waals surface area (Å²) in [5.74, 6) is 0.0380. The highest BCUT2D eigenvalue weighted by Crippen LogP contribution is 2.24. The molecule has 1 atom stereocenters. The Morgan fingerprint density at radius 2 is 2.33 bits per heavy atom. The van der Waals surface area contributed by atoms with Crippen LogP contribution in [0.15, 0.2) is 18.2 Å². The third-order valence-corrected chi connectivity index (χ3v) is 3.74. The zero-order valence-electron chi connectivity index (χ0n) is 10.1. The summed E-state index contributed by atoms with van der Waals surface area (Å²) in [7, 11) is 0. The monoisotopic (exact) mass is 269 g/mol. The first-order valence-corrected chi connectivity index (χ1v) is 6.45. The lowest BCUT2D eigenvalue weighted by atomic mass is 9.96. The Morgan fingerprint density at radius 3 is 3.00 bits per heavy atom. The molecule has 0 bridgehead atoms. The van der Waals surface area contributed by atoms with E-state index in [1.54, 1.807) is 12.1 Å². The Morgan fingerprint density at radius 1 is 1.56 bits per heavy atom. The van der Waals surface area contributed by atoms with E-state index in [0.717, 1.165) is 19.4 Å². The smallest absolute Gasteiger partial charge is 0.129 e. The minimum atomic E-state index is -0.271. The highest BCUT2D eigenvalue weighted by atomic mass is 35.5. The van der Waals surface area contributed by atoms with Crippen LogP contribution in [-0.4, -0.2) is 23.8 Å². The molecule has 3 nitrogen and oxygen atoms in total. The largest absolute Gasteiger partial charge is 0.387 e. The molecule has 0 spiro atoms. The number of nitrogens with zero attached hydrogens (tertiary/aromatic N) is 1. The predicted molar refractivity (Wildman–Crippen MR) is 71.3 cm³/mol. The first-order chi connectivity index (χ1) is 8.58. The Bertz CT molecular complexity index is 430. The molecular weight excluding hydrogens is 253 g/mol. The van der Waals surface area contributed by atoms with Gasteiger partial charge in [-0.1, -0.05) is 17.7 Å². The van der Waals surface area contributed by atoms with Crippen LogP contribution in [0.3, 0.4) is 0 Å². The molecule has 1 aliphatic rings. The molecule has 1 saturated heterocycles. The van der Waals surface area contributed by atoms with Crippen molar-refractivity contribution >= 4 is 17.4 Å². The number of hydrogen-bond acceptors (Lipinski definition) is 2. The molecule has 0 aromatic heterocycles. The fourth-order valence-corrected chi connectivity index (χ4v) is 2.58. The van der Waals surface area contributed by atoms with Crippen molar-refractivity contribution in [2.24, 2.45) is 11.7 Å². The van der Waals surface area contributed by atoms with Crippen LogP contribution >= 0.6 is 11.6 Å². The van der Waals surface area contributed by atoms with Gasteiger partial charge in [0.1, 0.15) is 5.82 Å². The summed E-state index contributed by atoms with van der Waals surface area (Å²) in [5.41, 5.74) is 6.07. The number of halogens is 2. The molecule has 1 unspecified atom stereocenters. The van der Waals surface area contributed by atoms with Crippen molar-refractivity contribution in [3.8, 4) is 0 Å². The van der Waals surface area contributed by atoms with Crippen LogP contribution in [0.1, 0.15) is 18.4 Å². The molecule has 1 aliphatic heterocycles. The lowest BCUT2D eigenvalue weighted by Crippen LogP contribution is -2.40. The average Bonchev–Trinajstić information content (AvgIpc) is 2.34. The maximum Gasteiger partial charge on any atom is 0.129 e. The molecule has 0 radical (unpaired) electrons. The third-order valence-electron chi connectivity index (χ3n) is 3.39. The van der Waals surface area contributed by atoms with Crippen molar-refractivity contribution in [3.05, 3.63) is 34.6 Å². The van der Waals surface area contributed by atoms with Crippen LogP contribution in [0.4, 0.5) is 4.39 Å². The highest BCUT2D eigenvalue weighted by molar-refractivity contribution is 6.31. The van der Waals surface area contributed by atoms with Gasteiger partial charge in [-0.15, -0.1) is 0 Å². The molecule has 98 valence electrons. The zero-order valence-corrected chi connectivity index (χ0v) is 10.9. The van der Waals surface area contributed by atoms with Gasteiger partial charge in [-0.2, -0.15) is 0 Å². The summed E-state index contributed by atoms with van der Waals surface area (Å²) < 4.78 is 13.7. The second-order valence-electron chi connectivity index (χ2n) is 4.73. The van der Waals surface area contributed by atoms with Gasteiger partial charge in [-0.25, -0.2) is 4.39 Å². The van der Waals surface area contributed by atoms with Gasteiger partial charge in [0.2, 0.25) is 0 Å². The van der Waals surface area contributed by atoms with Crippen LogP contribution in [0.25, 0.3) is 0 Å². The summed E-state index contributed by atoms with van der Waals surface area (Å²) in [6.07, 6.45) is 1.92. The summed E-state index contributed by atoms with van der Waals surface area (Å²) >= 11 is 6.01. The van der Waals surface area contributed by atoms with Crippen LogP contribution in [0.2, 0.25) is 5.02 Å². The van der Waals surface area contributed by atoms with Crippen molar-refractivity contribution in [1.82, 2.24) is 4.90 Å². The van der Waals surface area contributed by atoms with E-state index in [2.05, 4.69) is 4.90 Å². The average molecular weight is 270 g/mol. The van der Waals surface area contributed by atoms with E-state index < -0.39 is 0 Å². The van der Waals surface area contributed by atoms with E-state index in [4.69, 9.17) is 22.7 Å². The maximum atomic E-state index is 13.7. The SMILES string of the molecule is N=C(N)C1CCCN(Cc2c(F)cccc2Cl)C1. The van der Waals surface area contributed by atoms with Crippen LogP contribution in [0, 0.1) is 17.1 Å². The number of nitrogens with one attached hydrogen (secondary N) is 1. The lowest BCUT2D eigenvalue weighted by molar-refractivity contribution is 0.193. The normalized spacial score (nSPS) is 20.9. The van der Waals surface area contributed by atoms with Gasteiger partial charge >= 0.3 is 0 Å². The fourth-order valence-electron chi connectivity index (χ4n) is 2.36. The van der Waals surface area contributed by atoms with E-state index in [0.29, 0.717) is 23.7 Å². The molecule has 3 N–H and O–H groups in total. The summed E-state index contributed by atoms with van der Waals surface area (Å²) in [6.45, 7) is 2.09. The van der Waals surface area contributed by atoms with Crippen molar-refractivity contribution in [2.45, 2.75) is 19.4 Å². The number of likely N-dealkylation sites (tertiary alicyclic amines) is 1. The predicted octanol–water partition coefficient (Wildman–Crippen LogP) is 2.63. The first kappa shape index (κ1) is 13.3. The van der Waals surface area contributed by atoms with Gasteiger partial charge in [-0.3, -0.25) is 10.3 Å². The Hall–Kier alpha value is -1.13. The number of piperidine rings is 1. The Kier molecular flexibility index (Phi) is 4.19. The van der Waals surface area contributed by atoms with E-state index in [1.807, 2.05) is 0 Å². The van der Waals surface area contributed by atoms with E-state index in [9.17, 15) is 4.39 Å². The van der Waals surface area contributed by atoms with Gasteiger partial charge in [0.05, 0.1) is 5.84 Å². The fraction of sp³-hybridized carbons (Fsp3) is 0.462. The quantitative estimate of drug-likeness (QED) is 0.655. The third kappa shape index (κ3) is 3.00. The number of benzene rings is 1. The van der Waals surface area contributed by atoms with Crippen molar-refractivity contribution in [3.63, 3.8) is 0 Å². The molecule has 5 heteroatoms. The maximum absolute atomic E-state index is 13.7. The lowest BCUT2D eigenvalue weighted by Gasteiger charge is -2.32. The number of nitrogens with two attached hydrogens (primary N) is 1. The molecule has 0 saturated carbocycles. The minimum absolute atomic E-state index is 0.0873. The van der Waals surface area contributed by atoms with Crippen molar-refractivity contribution in [1.29, 1.82) is 5.41 Å². The topological polar surface area (TPSA) is 53.1 Å². The molecule has 1 aromatic carbocycles. The Labute approximate surface area is 111 Å². The Balaban J connectivity index is 2.07. The molecular formula is C13H17ClFN3. The second-order valence-corrected chi connectivity index (χ2v) is 5.14. The molecule has 2 rings (SSSR count). The van der Waals surface area contributed by atoms with Crippen LogP contribution in [-0.2, 0) is 6.54 Å². The standard InChI is InChI=1S/C13H17ClFN3/c14-11-4-1-5-12(15)10(11)8-18-6-2-3-9(7-18)13(16)17/h1,4-5,9H,2-3,6-8H2,(H3,16,17). The van der Waals surface area contributed by atoms with Gasteiger partial charge in [-0.05, 0) is 31.5 Å². The highest BCUT2D eigenvalue weighted by Gasteiger charge is 2.23. The van der Waals surface area contributed by atoms with E-state index in [1.165, 1.54) is 6.07 Å². The van der Waals surface area contributed by atoms with Gasteiger partial charge in [0, 0.05) is 29.6 Å². The van der Waals surface area contributed by atoms with Crippen molar-refractivity contribution in [2.75, 3.05) is 13.1 Å². The summed E-state index contributed by atoms with van der Waals surface area (Å²) in [5, 5.41) is 7.95. The van der Waals surface area contributed by atoms with E-state index in [-0.39, 0.29) is 17.6 Å². The van der Waals surface area contributed by atoms with Gasteiger partial charge in [0.25, 0.3) is 0 Å². The summed E-state index contributed by atoms with van der Waals surface area (Å²) in [6, 6.07) is 4.73. The van der Waals surface area contributed by atoms with Gasteiger partial charge < -0.3 is 5.73 Å². The number of amidine groups is 1. The van der Waals surface area contributed by atoms with Crippen molar-refractivity contribution < 1.29 is 4.39 Å². The molecule has 0 aliphatic carbocycles. The molecule has 1 heterocycles. The van der Waals surface area contributed by atoms with Crippen LogP contribution in [0.5, 0.6) is 0 Å². The molecule has 1 aromatic rings. The van der Waals surface area contributed by atoms with E-state index >= 15 is 0 Å².